The van der Waals surface area contributed by atoms with Crippen LogP contribution in [-0.4, -0.2) is 37.6 Å². The van der Waals surface area contributed by atoms with Crippen LogP contribution in [0.2, 0.25) is 0 Å². The third-order valence-corrected chi connectivity index (χ3v) is 6.39. The highest BCUT2D eigenvalue weighted by Gasteiger charge is 2.22. The molecule has 1 aliphatic rings. The van der Waals surface area contributed by atoms with Gasteiger partial charge in [-0.15, -0.1) is 0 Å². The first kappa shape index (κ1) is 21.3. The summed E-state index contributed by atoms with van der Waals surface area (Å²) in [5, 5.41) is 0. The molecule has 0 unspecified atom stereocenters. The quantitative estimate of drug-likeness (QED) is 0.317. The molecule has 35 heavy (non-hydrogen) atoms. The van der Waals surface area contributed by atoms with Crippen molar-refractivity contribution in [3.63, 3.8) is 0 Å². The highest BCUT2D eigenvalue weighted by molar-refractivity contribution is 5.77. The van der Waals surface area contributed by atoms with Crippen molar-refractivity contribution < 1.29 is 0 Å². The molecule has 2 aromatic heterocycles. The van der Waals surface area contributed by atoms with E-state index >= 15 is 0 Å². The van der Waals surface area contributed by atoms with Crippen molar-refractivity contribution in [3.05, 3.63) is 91.3 Å². The van der Waals surface area contributed by atoms with Crippen LogP contribution >= 0.6 is 0 Å². The van der Waals surface area contributed by atoms with Gasteiger partial charge >= 0.3 is 0 Å². The summed E-state index contributed by atoms with van der Waals surface area (Å²) in [6.45, 7) is 1.90. The van der Waals surface area contributed by atoms with Crippen LogP contribution in [0.3, 0.4) is 0 Å². The van der Waals surface area contributed by atoms with Crippen molar-refractivity contribution in [3.8, 4) is 5.95 Å². The molecule has 6 rings (SSSR count). The smallest absolute Gasteiger partial charge is 0.242 e. The fourth-order valence-electron chi connectivity index (χ4n) is 4.62. The molecule has 0 amide bonds. The first-order chi connectivity index (χ1) is 17.4. The summed E-state index contributed by atoms with van der Waals surface area (Å²) in [4.78, 5) is 24.0. The van der Waals surface area contributed by atoms with Gasteiger partial charge in [0.1, 0.15) is 6.33 Å². The number of hydrogen-bond donors (Lipinski definition) is 0. The van der Waals surface area contributed by atoms with Crippen molar-refractivity contribution in [2.24, 2.45) is 0 Å². The first-order valence-electron chi connectivity index (χ1n) is 12.2. The molecule has 3 heterocycles. The Morgan fingerprint density at radius 3 is 1.89 bits per heavy atom. The van der Waals surface area contributed by atoms with E-state index in [-0.39, 0.29) is 0 Å². The molecule has 7 heteroatoms. The molecule has 174 valence electrons. The Kier molecular flexibility index (Phi) is 5.80. The second-order valence-electron chi connectivity index (χ2n) is 8.75. The van der Waals surface area contributed by atoms with Crippen molar-refractivity contribution in [1.82, 2.24) is 24.5 Å². The van der Waals surface area contributed by atoms with Crippen LogP contribution in [0.1, 0.15) is 25.7 Å². The number of rotatable bonds is 5. The number of nitrogens with zero attached hydrogens (tertiary/aromatic N) is 7. The summed E-state index contributed by atoms with van der Waals surface area (Å²) in [6.07, 6.45) is 6.57. The molecule has 0 atom stereocenters. The zero-order chi connectivity index (χ0) is 23.5. The van der Waals surface area contributed by atoms with Crippen molar-refractivity contribution in [1.29, 1.82) is 0 Å². The van der Waals surface area contributed by atoms with Crippen LogP contribution in [0.4, 0.5) is 23.3 Å². The number of hydrogen-bond acceptors (Lipinski definition) is 6. The number of para-hydroxylation sites is 4. The molecule has 0 N–H and O–H groups in total. The van der Waals surface area contributed by atoms with E-state index in [1.165, 1.54) is 12.8 Å². The summed E-state index contributed by atoms with van der Waals surface area (Å²) in [6, 6.07) is 28.5. The molecule has 0 radical (unpaired) electrons. The van der Waals surface area contributed by atoms with Gasteiger partial charge in [-0.2, -0.15) is 15.0 Å². The highest BCUT2D eigenvalue weighted by atomic mass is 15.4. The van der Waals surface area contributed by atoms with Gasteiger partial charge in [0.2, 0.25) is 17.8 Å². The lowest BCUT2D eigenvalue weighted by Gasteiger charge is -2.26. The van der Waals surface area contributed by atoms with Crippen molar-refractivity contribution in [2.45, 2.75) is 25.7 Å². The Hall–Kier alpha value is -4.26. The van der Waals surface area contributed by atoms with Gasteiger partial charge in [0.05, 0.1) is 11.0 Å². The lowest BCUT2D eigenvalue weighted by molar-refractivity contribution is 0.726. The van der Waals surface area contributed by atoms with E-state index in [1.54, 1.807) is 6.33 Å². The van der Waals surface area contributed by atoms with E-state index in [0.717, 1.165) is 48.3 Å². The third-order valence-electron chi connectivity index (χ3n) is 6.39. The van der Waals surface area contributed by atoms with E-state index < -0.39 is 0 Å². The SMILES string of the molecule is c1ccc(N(c2ccccc2)c2nc(N3CCCCCC3)nc(-n3cnc4ccccc43)n2)cc1. The summed E-state index contributed by atoms with van der Waals surface area (Å²) >= 11 is 0. The largest absolute Gasteiger partial charge is 0.341 e. The van der Waals surface area contributed by atoms with E-state index in [4.69, 9.17) is 15.0 Å². The minimum absolute atomic E-state index is 0.569. The van der Waals surface area contributed by atoms with Crippen molar-refractivity contribution in [2.75, 3.05) is 22.9 Å². The molecule has 7 nitrogen and oxygen atoms in total. The van der Waals surface area contributed by atoms with Crippen LogP contribution in [0.15, 0.2) is 91.3 Å². The minimum Gasteiger partial charge on any atom is -0.341 e. The van der Waals surface area contributed by atoms with Gasteiger partial charge in [-0.25, -0.2) is 4.98 Å². The molecule has 0 aliphatic carbocycles. The number of benzene rings is 3. The average molecular weight is 462 g/mol. The van der Waals surface area contributed by atoms with E-state index in [2.05, 4.69) is 39.0 Å². The normalized spacial score (nSPS) is 14.1. The van der Waals surface area contributed by atoms with E-state index in [0.29, 0.717) is 17.8 Å². The number of fused-ring (bicyclic) bond motifs is 1. The van der Waals surface area contributed by atoms with Gasteiger partial charge in [-0.3, -0.25) is 9.47 Å². The second kappa shape index (κ2) is 9.54. The standard InChI is InChI=1S/C28H27N7/c1-2-12-20-33(19-11-1)26-30-27(34-21-29-24-17-9-10-18-25(24)34)32-28(31-26)35(22-13-5-3-6-14-22)23-15-7-4-8-16-23/h3-10,13-18,21H,1-2,11-12,19-20H2. The molecular formula is C28H27N7. The summed E-state index contributed by atoms with van der Waals surface area (Å²) in [7, 11) is 0. The lowest BCUT2D eigenvalue weighted by atomic mass is 10.2. The molecule has 0 spiro atoms. The van der Waals surface area contributed by atoms with Crippen LogP contribution in [0.5, 0.6) is 0 Å². The Balaban J connectivity index is 1.55. The number of aromatic nitrogens is 5. The predicted octanol–water partition coefficient (Wildman–Crippen LogP) is 6.06. The van der Waals surface area contributed by atoms with E-state index in [1.807, 2.05) is 65.2 Å². The molecule has 0 saturated carbocycles. The van der Waals surface area contributed by atoms with Crippen LogP contribution in [-0.2, 0) is 0 Å². The monoisotopic (exact) mass is 461 g/mol. The summed E-state index contributed by atoms with van der Waals surface area (Å²) in [5.41, 5.74) is 3.87. The van der Waals surface area contributed by atoms with Gasteiger partial charge in [0, 0.05) is 24.5 Å². The zero-order valence-electron chi connectivity index (χ0n) is 19.5. The van der Waals surface area contributed by atoms with Gasteiger partial charge in [0.25, 0.3) is 0 Å². The topological polar surface area (TPSA) is 63.0 Å². The summed E-state index contributed by atoms with van der Waals surface area (Å²) in [5.74, 6) is 1.87. The zero-order valence-corrected chi connectivity index (χ0v) is 19.5. The van der Waals surface area contributed by atoms with Crippen LogP contribution in [0, 0.1) is 0 Å². The Labute approximate surface area is 204 Å². The Morgan fingerprint density at radius 2 is 1.20 bits per heavy atom. The molecule has 1 fully saturated rings. The Bertz CT molecular complexity index is 1370. The second-order valence-corrected chi connectivity index (χ2v) is 8.75. The number of anilines is 4. The molecular weight excluding hydrogens is 434 g/mol. The third kappa shape index (κ3) is 4.33. The maximum Gasteiger partial charge on any atom is 0.242 e. The van der Waals surface area contributed by atoms with Crippen molar-refractivity contribution >= 4 is 34.3 Å². The molecule has 3 aromatic carbocycles. The van der Waals surface area contributed by atoms with Gasteiger partial charge in [-0.1, -0.05) is 61.4 Å². The molecule has 0 bridgehead atoms. The Morgan fingerprint density at radius 1 is 0.600 bits per heavy atom. The van der Waals surface area contributed by atoms with Crippen LogP contribution in [0.25, 0.3) is 17.0 Å². The predicted molar refractivity (Wildman–Crippen MR) is 140 cm³/mol. The highest BCUT2D eigenvalue weighted by Crippen LogP contribution is 2.33. The fraction of sp³-hybridized carbons (Fsp3) is 0.214. The molecule has 1 aliphatic heterocycles. The number of imidazole rings is 1. The first-order valence-corrected chi connectivity index (χ1v) is 12.2. The molecule has 1 saturated heterocycles. The fourth-order valence-corrected chi connectivity index (χ4v) is 4.62. The van der Waals surface area contributed by atoms with E-state index in [9.17, 15) is 0 Å². The molecule has 5 aromatic rings. The van der Waals surface area contributed by atoms with Gasteiger partial charge in [0.15, 0.2) is 0 Å². The minimum atomic E-state index is 0.569. The maximum atomic E-state index is 5.04. The van der Waals surface area contributed by atoms with Gasteiger partial charge in [-0.05, 0) is 49.2 Å². The average Bonchev–Trinajstić information content (AvgIpc) is 3.16. The lowest BCUT2D eigenvalue weighted by Crippen LogP contribution is -2.28. The van der Waals surface area contributed by atoms with Crippen LogP contribution < -0.4 is 9.80 Å². The maximum absolute atomic E-state index is 5.04. The summed E-state index contributed by atoms with van der Waals surface area (Å²) < 4.78 is 1.95. The van der Waals surface area contributed by atoms with Gasteiger partial charge < -0.3 is 4.90 Å².